The van der Waals surface area contributed by atoms with Crippen LogP contribution in [0.1, 0.15) is 24.8 Å². The van der Waals surface area contributed by atoms with E-state index in [0.29, 0.717) is 26.3 Å². The van der Waals surface area contributed by atoms with Gasteiger partial charge in [-0.2, -0.15) is 0 Å². The Hall–Kier alpha value is -1.39. The highest BCUT2D eigenvalue weighted by Crippen LogP contribution is 2.27. The van der Waals surface area contributed by atoms with Gasteiger partial charge in [0.05, 0.1) is 13.2 Å². The molecule has 0 bridgehead atoms. The van der Waals surface area contributed by atoms with Gasteiger partial charge in [-0.3, -0.25) is 4.79 Å². The minimum absolute atomic E-state index is 0.0775. The van der Waals surface area contributed by atoms with E-state index in [-0.39, 0.29) is 5.91 Å². The second kappa shape index (κ2) is 8.72. The fourth-order valence-electron chi connectivity index (χ4n) is 1.94. The summed E-state index contributed by atoms with van der Waals surface area (Å²) < 4.78 is 5.56. The highest BCUT2D eigenvalue weighted by molar-refractivity contribution is 5.77. The molecular weight excluding hydrogens is 252 g/mol. The Morgan fingerprint density at radius 3 is 2.80 bits per heavy atom. The number of benzene rings is 1. The van der Waals surface area contributed by atoms with E-state index in [2.05, 4.69) is 10.6 Å². The van der Waals surface area contributed by atoms with Gasteiger partial charge in [-0.05, 0) is 37.3 Å². The molecule has 0 unspecified atom stereocenters. The van der Waals surface area contributed by atoms with Crippen molar-refractivity contribution in [2.24, 2.45) is 5.92 Å². The monoisotopic (exact) mass is 276 g/mol. The zero-order valence-corrected chi connectivity index (χ0v) is 11.9. The van der Waals surface area contributed by atoms with Gasteiger partial charge in [0.15, 0.2) is 0 Å². The van der Waals surface area contributed by atoms with Crippen LogP contribution < -0.4 is 10.6 Å². The standard InChI is InChI=1S/C16H24N2O2/c19-16(12-17-11-14-7-8-14)18-9-4-10-20-13-15-5-2-1-3-6-15/h1-3,5-6,14,17H,4,7-13H2,(H,18,19). The molecule has 110 valence electrons. The van der Waals surface area contributed by atoms with Gasteiger partial charge in [0.25, 0.3) is 0 Å². The molecule has 0 atom stereocenters. The number of carbonyl (C=O) groups excluding carboxylic acids is 1. The largest absolute Gasteiger partial charge is 0.377 e. The third kappa shape index (κ3) is 6.68. The average Bonchev–Trinajstić information content (AvgIpc) is 3.28. The first-order chi connectivity index (χ1) is 9.84. The van der Waals surface area contributed by atoms with Crippen molar-refractivity contribution < 1.29 is 9.53 Å². The Morgan fingerprint density at radius 2 is 2.05 bits per heavy atom. The molecule has 0 spiro atoms. The van der Waals surface area contributed by atoms with Gasteiger partial charge in [0, 0.05) is 13.2 Å². The number of nitrogens with one attached hydrogen (secondary N) is 2. The lowest BCUT2D eigenvalue weighted by Gasteiger charge is -2.07. The lowest BCUT2D eigenvalue weighted by atomic mass is 10.2. The Balaban J connectivity index is 1.40. The lowest BCUT2D eigenvalue weighted by Crippen LogP contribution is -2.35. The molecule has 0 aromatic heterocycles. The van der Waals surface area contributed by atoms with Gasteiger partial charge in [0.2, 0.25) is 5.91 Å². The number of amides is 1. The predicted octanol–water partition coefficient (Wildman–Crippen LogP) is 1.71. The summed E-state index contributed by atoms with van der Waals surface area (Å²) in [6.45, 7) is 3.40. The number of ether oxygens (including phenoxy) is 1. The van der Waals surface area contributed by atoms with E-state index in [9.17, 15) is 4.79 Å². The number of hydrogen-bond donors (Lipinski definition) is 2. The smallest absolute Gasteiger partial charge is 0.233 e. The van der Waals surface area contributed by atoms with Crippen molar-refractivity contribution in [1.29, 1.82) is 0 Å². The van der Waals surface area contributed by atoms with Gasteiger partial charge in [0.1, 0.15) is 0 Å². The highest BCUT2D eigenvalue weighted by atomic mass is 16.5. The van der Waals surface area contributed by atoms with Gasteiger partial charge in [-0.1, -0.05) is 30.3 Å². The minimum atomic E-state index is 0.0775. The summed E-state index contributed by atoms with van der Waals surface area (Å²) in [5, 5.41) is 6.07. The molecule has 0 heterocycles. The molecule has 2 rings (SSSR count). The fourth-order valence-corrected chi connectivity index (χ4v) is 1.94. The van der Waals surface area contributed by atoms with Crippen molar-refractivity contribution in [2.75, 3.05) is 26.2 Å². The van der Waals surface area contributed by atoms with E-state index in [0.717, 1.165) is 18.9 Å². The third-order valence-corrected chi connectivity index (χ3v) is 3.31. The summed E-state index contributed by atoms with van der Waals surface area (Å²) in [6.07, 6.45) is 3.47. The molecule has 1 amide bonds. The van der Waals surface area contributed by atoms with Crippen LogP contribution >= 0.6 is 0 Å². The normalized spacial score (nSPS) is 14.2. The van der Waals surface area contributed by atoms with E-state index in [1.165, 1.54) is 18.4 Å². The molecule has 0 radical (unpaired) electrons. The zero-order chi connectivity index (χ0) is 14.0. The second-order valence-corrected chi connectivity index (χ2v) is 5.32. The van der Waals surface area contributed by atoms with Crippen LogP contribution in [0, 0.1) is 5.92 Å². The van der Waals surface area contributed by atoms with Gasteiger partial charge in [-0.15, -0.1) is 0 Å². The SMILES string of the molecule is O=C(CNCC1CC1)NCCCOCc1ccccc1. The highest BCUT2D eigenvalue weighted by Gasteiger charge is 2.20. The van der Waals surface area contributed by atoms with Crippen LogP contribution in [0.4, 0.5) is 0 Å². The quantitative estimate of drug-likeness (QED) is 0.640. The average molecular weight is 276 g/mol. The first kappa shape index (κ1) is 15.0. The van der Waals surface area contributed by atoms with Gasteiger partial charge < -0.3 is 15.4 Å². The summed E-state index contributed by atoms with van der Waals surface area (Å²) >= 11 is 0. The van der Waals surface area contributed by atoms with E-state index in [1.54, 1.807) is 0 Å². The third-order valence-electron chi connectivity index (χ3n) is 3.31. The molecule has 1 saturated carbocycles. The summed E-state index contributed by atoms with van der Waals surface area (Å²) in [5.74, 6) is 0.892. The molecule has 4 nitrogen and oxygen atoms in total. The molecule has 20 heavy (non-hydrogen) atoms. The molecule has 1 aliphatic carbocycles. The maximum atomic E-state index is 11.5. The Morgan fingerprint density at radius 1 is 1.25 bits per heavy atom. The molecule has 1 aromatic rings. The molecule has 2 N–H and O–H groups in total. The first-order valence-electron chi connectivity index (χ1n) is 7.43. The number of carbonyl (C=O) groups is 1. The van der Waals surface area contributed by atoms with E-state index in [4.69, 9.17) is 4.74 Å². The lowest BCUT2D eigenvalue weighted by molar-refractivity contribution is -0.120. The van der Waals surface area contributed by atoms with Crippen molar-refractivity contribution in [3.8, 4) is 0 Å². The number of hydrogen-bond acceptors (Lipinski definition) is 3. The van der Waals surface area contributed by atoms with Gasteiger partial charge >= 0.3 is 0 Å². The summed E-state index contributed by atoms with van der Waals surface area (Å²) in [6, 6.07) is 10.1. The van der Waals surface area contributed by atoms with Crippen LogP contribution in [0.25, 0.3) is 0 Å². The topological polar surface area (TPSA) is 50.4 Å². The van der Waals surface area contributed by atoms with Crippen LogP contribution in [-0.4, -0.2) is 32.1 Å². The maximum absolute atomic E-state index is 11.5. The Kier molecular flexibility index (Phi) is 6.54. The minimum Gasteiger partial charge on any atom is -0.377 e. The second-order valence-electron chi connectivity index (χ2n) is 5.32. The summed E-state index contributed by atoms with van der Waals surface area (Å²) in [7, 11) is 0. The van der Waals surface area contributed by atoms with Gasteiger partial charge in [-0.25, -0.2) is 0 Å². The van der Waals surface area contributed by atoms with Crippen LogP contribution in [0.3, 0.4) is 0 Å². The first-order valence-corrected chi connectivity index (χ1v) is 7.43. The molecule has 1 fully saturated rings. The van der Waals surface area contributed by atoms with Crippen LogP contribution in [0.2, 0.25) is 0 Å². The Labute approximate surface area is 120 Å². The number of rotatable bonds is 10. The molecule has 0 saturated heterocycles. The molecule has 4 heteroatoms. The molecular formula is C16H24N2O2. The molecule has 0 aliphatic heterocycles. The van der Waals surface area contributed by atoms with Crippen molar-refractivity contribution in [3.05, 3.63) is 35.9 Å². The van der Waals surface area contributed by atoms with Crippen molar-refractivity contribution in [3.63, 3.8) is 0 Å². The molecule has 1 aromatic carbocycles. The predicted molar refractivity (Wildman–Crippen MR) is 79.3 cm³/mol. The van der Waals surface area contributed by atoms with E-state index >= 15 is 0 Å². The van der Waals surface area contributed by atoms with Crippen molar-refractivity contribution >= 4 is 5.91 Å². The van der Waals surface area contributed by atoms with E-state index < -0.39 is 0 Å². The van der Waals surface area contributed by atoms with Crippen LogP contribution in [-0.2, 0) is 16.1 Å². The van der Waals surface area contributed by atoms with Crippen LogP contribution in [0.15, 0.2) is 30.3 Å². The maximum Gasteiger partial charge on any atom is 0.233 e. The molecule has 1 aliphatic rings. The van der Waals surface area contributed by atoms with Crippen LogP contribution in [0.5, 0.6) is 0 Å². The fraction of sp³-hybridized carbons (Fsp3) is 0.562. The Bertz CT molecular complexity index is 391. The van der Waals surface area contributed by atoms with E-state index in [1.807, 2.05) is 30.3 Å². The van der Waals surface area contributed by atoms with Crippen molar-refractivity contribution in [2.45, 2.75) is 25.9 Å². The van der Waals surface area contributed by atoms with Crippen molar-refractivity contribution in [1.82, 2.24) is 10.6 Å². The zero-order valence-electron chi connectivity index (χ0n) is 11.9. The summed E-state index contributed by atoms with van der Waals surface area (Å²) in [4.78, 5) is 11.5. The summed E-state index contributed by atoms with van der Waals surface area (Å²) in [5.41, 5.74) is 1.18.